The van der Waals surface area contributed by atoms with E-state index in [1.54, 1.807) is 27.7 Å². The van der Waals surface area contributed by atoms with Crippen molar-refractivity contribution in [2.75, 3.05) is 0 Å². The standard InChI is InChI=1S/C7H6O6S.4C4H8O2.2Ca/c8-6-2-1-4(14(11,12)13)3-5(6)7(9)10;4*1-2-3-4(5)6;;/h1-3,8H,(H,9,10)(H,11,12,13);4*2-3H2,1H3,(H,5,6);;/q;;;;;2*+2/p-4. The van der Waals surface area contributed by atoms with Crippen LogP contribution in [0.4, 0.5) is 0 Å². The summed E-state index contributed by atoms with van der Waals surface area (Å²) in [4.78, 5) is 47.8. The largest absolute Gasteiger partial charge is 2.00 e. The van der Waals surface area contributed by atoms with Crippen molar-refractivity contribution in [1.82, 2.24) is 0 Å². The fraction of sp³-hybridized carbons (Fsp3) is 0.522. The quantitative estimate of drug-likeness (QED) is 0.178. The van der Waals surface area contributed by atoms with Crippen LogP contribution in [0, 0.1) is 0 Å². The summed E-state index contributed by atoms with van der Waals surface area (Å²) < 4.78 is 29.8. The van der Waals surface area contributed by atoms with Gasteiger partial charge in [-0.3, -0.25) is 4.55 Å². The van der Waals surface area contributed by atoms with Crippen LogP contribution in [0.3, 0.4) is 0 Å². The van der Waals surface area contributed by atoms with Crippen molar-refractivity contribution in [2.45, 2.75) is 84.0 Å². The fourth-order valence-corrected chi connectivity index (χ4v) is 2.17. The van der Waals surface area contributed by atoms with Gasteiger partial charge in [-0.15, -0.1) is 0 Å². The summed E-state index contributed by atoms with van der Waals surface area (Å²) in [5, 5.41) is 55.5. The number of carbonyl (C=O) groups is 5. The van der Waals surface area contributed by atoms with Gasteiger partial charge in [0, 0.05) is 23.9 Å². The average Bonchev–Trinajstić information content (AvgIpc) is 2.74. The van der Waals surface area contributed by atoms with Crippen molar-refractivity contribution in [1.29, 1.82) is 0 Å². The Morgan fingerprint density at radius 3 is 1.10 bits per heavy atom. The zero-order chi connectivity index (χ0) is 30.9. The molecule has 40 heavy (non-hydrogen) atoms. The van der Waals surface area contributed by atoms with Gasteiger partial charge in [-0.1, -0.05) is 53.4 Å². The number of rotatable bonds is 10. The number of carbonyl (C=O) groups excluding carboxylic acids is 4. The van der Waals surface area contributed by atoms with E-state index >= 15 is 0 Å². The van der Waals surface area contributed by atoms with Crippen LogP contribution < -0.4 is 20.4 Å². The van der Waals surface area contributed by atoms with E-state index in [0.29, 0.717) is 31.7 Å². The summed E-state index contributed by atoms with van der Waals surface area (Å²) in [5.74, 6) is -5.89. The van der Waals surface area contributed by atoms with E-state index in [9.17, 15) is 52.8 Å². The molecule has 14 nitrogen and oxygen atoms in total. The molecule has 1 rings (SSSR count). The van der Waals surface area contributed by atoms with E-state index in [2.05, 4.69) is 0 Å². The number of hydrogen-bond donors (Lipinski definition) is 3. The number of aromatic carboxylic acids is 1. The summed E-state index contributed by atoms with van der Waals surface area (Å²) >= 11 is 0. The summed E-state index contributed by atoms with van der Waals surface area (Å²) in [6.07, 6.45) is 3.40. The molecule has 0 amide bonds. The summed E-state index contributed by atoms with van der Waals surface area (Å²) in [7, 11) is -4.45. The SMILES string of the molecule is CCCC(=O)[O-].CCCC(=O)[O-].CCCC(=O)[O-].CCCC(=O)[O-].O=C(O)c1cc(S(=O)(=O)O)ccc1O.[Ca+2].[Ca+2]. The van der Waals surface area contributed by atoms with E-state index in [0.717, 1.165) is 12.1 Å². The van der Waals surface area contributed by atoms with E-state index in [-0.39, 0.29) is 101 Å². The Bertz CT molecular complexity index is 902. The summed E-state index contributed by atoms with van der Waals surface area (Å²) in [6.45, 7) is 7.21. The van der Waals surface area contributed by atoms with Gasteiger partial charge < -0.3 is 49.8 Å². The van der Waals surface area contributed by atoms with Crippen LogP contribution in [-0.2, 0) is 29.3 Å². The Labute approximate surface area is 293 Å². The molecule has 1 aromatic carbocycles. The third-order valence-corrected chi connectivity index (χ3v) is 4.16. The second kappa shape index (κ2) is 32.3. The minimum absolute atomic E-state index is 0. The maximum absolute atomic E-state index is 10.6. The van der Waals surface area contributed by atoms with E-state index in [1.807, 2.05) is 0 Å². The molecule has 0 unspecified atom stereocenters. The molecule has 0 radical (unpaired) electrons. The predicted octanol–water partition coefficient (Wildman–Crippen LogP) is -2.28. The molecule has 0 atom stereocenters. The first-order valence-electron chi connectivity index (χ1n) is 11.2. The molecular weight excluding hydrogens is 612 g/mol. The molecule has 0 saturated carbocycles. The molecule has 0 aromatic heterocycles. The van der Waals surface area contributed by atoms with Gasteiger partial charge in [0.15, 0.2) is 0 Å². The van der Waals surface area contributed by atoms with Crippen LogP contribution in [0.5, 0.6) is 5.75 Å². The zero-order valence-electron chi connectivity index (χ0n) is 23.0. The van der Waals surface area contributed by atoms with E-state index < -0.39 is 56.2 Å². The van der Waals surface area contributed by atoms with Gasteiger partial charge in [-0.2, -0.15) is 8.42 Å². The smallest absolute Gasteiger partial charge is 0.550 e. The van der Waals surface area contributed by atoms with Crippen LogP contribution in [0.15, 0.2) is 23.1 Å². The second-order valence-electron chi connectivity index (χ2n) is 6.95. The Kier molecular flexibility index (Phi) is 41.6. The number of aliphatic carboxylic acids is 4. The van der Waals surface area contributed by atoms with Gasteiger partial charge >= 0.3 is 81.4 Å². The second-order valence-corrected chi connectivity index (χ2v) is 8.37. The molecule has 3 N–H and O–H groups in total. The molecule has 1 aromatic rings. The number of benzene rings is 1. The minimum atomic E-state index is -4.45. The third kappa shape index (κ3) is 41.3. The van der Waals surface area contributed by atoms with Gasteiger partial charge in [0.05, 0.1) is 4.90 Å². The first-order valence-corrected chi connectivity index (χ1v) is 12.7. The Hall–Kier alpha value is -1.20. The molecule has 220 valence electrons. The fourth-order valence-electron chi connectivity index (χ4n) is 1.66. The Morgan fingerprint density at radius 2 is 0.950 bits per heavy atom. The molecule has 0 aliphatic carbocycles. The Balaban J connectivity index is -0.0000000958. The summed E-state index contributed by atoms with van der Waals surface area (Å²) in [6, 6.07) is 2.46. The molecule has 0 aliphatic rings. The maximum Gasteiger partial charge on any atom is 2.00 e. The molecule has 17 heteroatoms. The molecule has 0 heterocycles. The topological polar surface area (TPSA) is 272 Å². The average molecular weight is 647 g/mol. The number of hydrogen-bond acceptors (Lipinski definition) is 12. The molecule has 0 aliphatic heterocycles. The first-order chi connectivity index (χ1) is 17.4. The molecular formula is C23H34Ca2O14S. The van der Waals surface area contributed by atoms with Crippen molar-refractivity contribution in [2.24, 2.45) is 0 Å². The number of carboxylic acids is 5. The number of phenols is 1. The number of carboxylic acid groups (broad SMARTS) is 5. The van der Waals surface area contributed by atoms with Crippen LogP contribution in [0.1, 0.15) is 89.4 Å². The van der Waals surface area contributed by atoms with Crippen molar-refractivity contribution < 1.29 is 67.6 Å². The zero-order valence-corrected chi connectivity index (χ0v) is 28.3. The normalized spacial score (nSPS) is 8.82. The molecule has 0 spiro atoms. The Morgan fingerprint density at radius 1 is 0.675 bits per heavy atom. The van der Waals surface area contributed by atoms with Crippen LogP contribution in [0.2, 0.25) is 0 Å². The van der Waals surface area contributed by atoms with Crippen molar-refractivity contribution in [3.05, 3.63) is 23.8 Å². The van der Waals surface area contributed by atoms with Crippen molar-refractivity contribution >= 4 is 115 Å². The van der Waals surface area contributed by atoms with Crippen LogP contribution in [0.25, 0.3) is 0 Å². The molecule has 0 fully saturated rings. The van der Waals surface area contributed by atoms with Gasteiger partial charge in [0.25, 0.3) is 10.1 Å². The maximum atomic E-state index is 10.6. The van der Waals surface area contributed by atoms with Gasteiger partial charge in [-0.25, -0.2) is 4.79 Å². The monoisotopic (exact) mass is 646 g/mol. The third-order valence-electron chi connectivity index (χ3n) is 3.31. The minimum Gasteiger partial charge on any atom is -0.550 e. The van der Waals surface area contributed by atoms with Crippen LogP contribution >= 0.6 is 0 Å². The van der Waals surface area contributed by atoms with Crippen LogP contribution in [-0.4, -0.2) is 129 Å². The van der Waals surface area contributed by atoms with Crippen molar-refractivity contribution in [3.63, 3.8) is 0 Å². The van der Waals surface area contributed by atoms with Crippen molar-refractivity contribution in [3.8, 4) is 5.75 Å². The van der Waals surface area contributed by atoms with Gasteiger partial charge in [-0.05, 0) is 43.9 Å². The van der Waals surface area contributed by atoms with E-state index in [4.69, 9.17) is 14.8 Å². The predicted molar refractivity (Wildman–Crippen MR) is 136 cm³/mol. The number of aromatic hydroxyl groups is 1. The first kappa shape index (κ1) is 51.5. The van der Waals surface area contributed by atoms with Gasteiger partial charge in [0.1, 0.15) is 11.3 Å². The summed E-state index contributed by atoms with van der Waals surface area (Å²) in [5.41, 5.74) is -0.583. The molecule has 0 bridgehead atoms. The van der Waals surface area contributed by atoms with Gasteiger partial charge in [0.2, 0.25) is 0 Å². The van der Waals surface area contributed by atoms with E-state index in [1.165, 1.54) is 0 Å². The molecule has 0 saturated heterocycles.